The predicted molar refractivity (Wildman–Crippen MR) is 75.5 cm³/mol. The number of aromatic nitrogens is 1. The molecule has 108 valence electrons. The van der Waals surface area contributed by atoms with Gasteiger partial charge in [0.2, 0.25) is 5.91 Å². The first-order chi connectivity index (χ1) is 8.97. The molecule has 0 bridgehead atoms. The number of nitrogens with zero attached hydrogens (tertiary/aromatic N) is 2. The van der Waals surface area contributed by atoms with Crippen molar-refractivity contribution in [2.75, 3.05) is 34.0 Å². The third-order valence-electron chi connectivity index (χ3n) is 2.95. The normalized spacial score (nSPS) is 12.5. The number of amides is 1. The Balaban J connectivity index is 2.54. The van der Waals surface area contributed by atoms with E-state index in [1.165, 1.54) is 0 Å². The van der Waals surface area contributed by atoms with Gasteiger partial charge in [-0.3, -0.25) is 4.79 Å². The van der Waals surface area contributed by atoms with Gasteiger partial charge in [0.1, 0.15) is 6.61 Å². The van der Waals surface area contributed by atoms with Crippen molar-refractivity contribution in [3.63, 3.8) is 0 Å². The SMILES string of the molecule is COCCOCC(=O)N(C)C(C)c1sc(C)nc1C. The van der Waals surface area contributed by atoms with Crippen LogP contribution in [0.4, 0.5) is 0 Å². The van der Waals surface area contributed by atoms with Crippen molar-refractivity contribution in [2.24, 2.45) is 0 Å². The third-order valence-corrected chi connectivity index (χ3v) is 4.19. The van der Waals surface area contributed by atoms with Crippen LogP contribution in [-0.2, 0) is 14.3 Å². The largest absolute Gasteiger partial charge is 0.382 e. The average molecular weight is 286 g/mol. The van der Waals surface area contributed by atoms with Gasteiger partial charge in [-0.25, -0.2) is 4.98 Å². The van der Waals surface area contributed by atoms with Crippen LogP contribution < -0.4 is 0 Å². The van der Waals surface area contributed by atoms with Crippen LogP contribution in [0.1, 0.15) is 28.5 Å². The smallest absolute Gasteiger partial charge is 0.248 e. The summed E-state index contributed by atoms with van der Waals surface area (Å²) in [6.45, 7) is 6.98. The minimum atomic E-state index is -0.0333. The molecule has 0 aromatic carbocycles. The maximum atomic E-state index is 12.0. The number of carbonyl (C=O) groups is 1. The summed E-state index contributed by atoms with van der Waals surface area (Å²) in [5.74, 6) is -0.0333. The summed E-state index contributed by atoms with van der Waals surface area (Å²) >= 11 is 1.63. The monoisotopic (exact) mass is 286 g/mol. The summed E-state index contributed by atoms with van der Waals surface area (Å²) in [6.07, 6.45) is 0. The average Bonchev–Trinajstić information content (AvgIpc) is 2.71. The summed E-state index contributed by atoms with van der Waals surface area (Å²) < 4.78 is 10.1. The highest BCUT2D eigenvalue weighted by Gasteiger charge is 2.21. The Morgan fingerprint density at radius 3 is 2.63 bits per heavy atom. The molecule has 0 fully saturated rings. The van der Waals surface area contributed by atoms with Crippen molar-refractivity contribution in [1.82, 2.24) is 9.88 Å². The topological polar surface area (TPSA) is 51.7 Å². The van der Waals surface area contributed by atoms with E-state index in [0.29, 0.717) is 13.2 Å². The molecule has 5 nitrogen and oxygen atoms in total. The first-order valence-corrected chi connectivity index (χ1v) is 7.05. The Hall–Kier alpha value is -0.980. The van der Waals surface area contributed by atoms with Crippen LogP contribution in [0.25, 0.3) is 0 Å². The number of hydrogen-bond donors (Lipinski definition) is 0. The Morgan fingerprint density at radius 1 is 1.42 bits per heavy atom. The van der Waals surface area contributed by atoms with E-state index in [4.69, 9.17) is 9.47 Å². The van der Waals surface area contributed by atoms with Gasteiger partial charge >= 0.3 is 0 Å². The molecular formula is C13H22N2O3S. The molecule has 0 saturated carbocycles. The maximum Gasteiger partial charge on any atom is 0.248 e. The number of thiazole rings is 1. The Kier molecular flexibility index (Phi) is 6.41. The van der Waals surface area contributed by atoms with Crippen LogP contribution >= 0.6 is 11.3 Å². The van der Waals surface area contributed by atoms with E-state index in [-0.39, 0.29) is 18.6 Å². The minimum Gasteiger partial charge on any atom is -0.382 e. The van der Waals surface area contributed by atoms with Gasteiger partial charge in [0, 0.05) is 19.0 Å². The van der Waals surface area contributed by atoms with Crippen LogP contribution in [0, 0.1) is 13.8 Å². The van der Waals surface area contributed by atoms with Crippen LogP contribution in [0.15, 0.2) is 0 Å². The van der Waals surface area contributed by atoms with Crippen molar-refractivity contribution in [1.29, 1.82) is 0 Å². The highest BCUT2D eigenvalue weighted by Crippen LogP contribution is 2.28. The fourth-order valence-corrected chi connectivity index (χ4v) is 2.75. The number of hydrogen-bond acceptors (Lipinski definition) is 5. The van der Waals surface area contributed by atoms with Gasteiger partial charge in [-0.05, 0) is 20.8 Å². The highest BCUT2D eigenvalue weighted by atomic mass is 32.1. The first kappa shape index (κ1) is 16.1. The van der Waals surface area contributed by atoms with Gasteiger partial charge in [-0.15, -0.1) is 11.3 Å². The van der Waals surface area contributed by atoms with E-state index in [1.807, 2.05) is 20.8 Å². The van der Waals surface area contributed by atoms with Crippen molar-refractivity contribution in [2.45, 2.75) is 26.8 Å². The minimum absolute atomic E-state index is 0.0183. The molecule has 1 amide bonds. The zero-order valence-electron chi connectivity index (χ0n) is 12.2. The molecule has 0 spiro atoms. The second kappa shape index (κ2) is 7.57. The van der Waals surface area contributed by atoms with Gasteiger partial charge < -0.3 is 14.4 Å². The van der Waals surface area contributed by atoms with Gasteiger partial charge in [-0.1, -0.05) is 0 Å². The van der Waals surface area contributed by atoms with Gasteiger partial charge in [0.05, 0.1) is 30.0 Å². The predicted octanol–water partition coefficient (Wildman–Crippen LogP) is 1.94. The summed E-state index contributed by atoms with van der Waals surface area (Å²) in [7, 11) is 3.40. The molecule has 0 saturated heterocycles. The van der Waals surface area contributed by atoms with E-state index in [9.17, 15) is 4.79 Å². The standard InChI is InChI=1S/C13H22N2O3S/c1-9-13(19-11(3)14-9)10(2)15(4)12(16)8-18-7-6-17-5/h10H,6-8H2,1-5H3. The molecule has 0 aliphatic carbocycles. The van der Waals surface area contributed by atoms with Crippen molar-refractivity contribution < 1.29 is 14.3 Å². The van der Waals surface area contributed by atoms with Crippen molar-refractivity contribution >= 4 is 17.2 Å². The second-order valence-corrected chi connectivity index (χ2v) is 5.64. The number of aryl methyl sites for hydroxylation is 2. The number of ether oxygens (including phenoxy) is 2. The molecule has 1 unspecified atom stereocenters. The van der Waals surface area contributed by atoms with Gasteiger partial charge in [0.15, 0.2) is 0 Å². The molecule has 0 aliphatic rings. The van der Waals surface area contributed by atoms with E-state index >= 15 is 0 Å². The summed E-state index contributed by atoms with van der Waals surface area (Å²) in [6, 6.07) is 0.0183. The maximum absolute atomic E-state index is 12.0. The highest BCUT2D eigenvalue weighted by molar-refractivity contribution is 7.11. The fourth-order valence-electron chi connectivity index (χ4n) is 1.73. The Bertz CT molecular complexity index is 420. The van der Waals surface area contributed by atoms with E-state index < -0.39 is 0 Å². The lowest BCUT2D eigenvalue weighted by Gasteiger charge is -2.24. The lowest BCUT2D eigenvalue weighted by molar-refractivity contribution is -0.137. The molecule has 0 aliphatic heterocycles. The van der Waals surface area contributed by atoms with Crippen molar-refractivity contribution in [3.8, 4) is 0 Å². The van der Waals surface area contributed by atoms with Crippen LogP contribution in [0.3, 0.4) is 0 Å². The van der Waals surface area contributed by atoms with Crippen LogP contribution in [0.5, 0.6) is 0 Å². The van der Waals surface area contributed by atoms with Gasteiger partial charge in [0.25, 0.3) is 0 Å². The fraction of sp³-hybridized carbons (Fsp3) is 0.692. The summed E-state index contributed by atoms with van der Waals surface area (Å²) in [5, 5.41) is 1.02. The molecule has 1 aromatic rings. The van der Waals surface area contributed by atoms with Crippen LogP contribution in [0.2, 0.25) is 0 Å². The van der Waals surface area contributed by atoms with Crippen LogP contribution in [-0.4, -0.2) is 49.8 Å². The molecule has 0 N–H and O–H groups in total. The lowest BCUT2D eigenvalue weighted by Crippen LogP contribution is -2.33. The lowest BCUT2D eigenvalue weighted by atomic mass is 10.2. The van der Waals surface area contributed by atoms with E-state index in [1.54, 1.807) is 30.4 Å². The molecule has 1 heterocycles. The van der Waals surface area contributed by atoms with Crippen molar-refractivity contribution in [3.05, 3.63) is 15.6 Å². The first-order valence-electron chi connectivity index (χ1n) is 6.23. The number of carbonyl (C=O) groups excluding carboxylic acids is 1. The molecular weight excluding hydrogens is 264 g/mol. The third kappa shape index (κ3) is 4.56. The summed E-state index contributed by atoms with van der Waals surface area (Å²) in [5.41, 5.74) is 0.995. The number of methoxy groups -OCH3 is 1. The van der Waals surface area contributed by atoms with Gasteiger partial charge in [-0.2, -0.15) is 0 Å². The Morgan fingerprint density at radius 2 is 2.11 bits per heavy atom. The molecule has 0 radical (unpaired) electrons. The molecule has 1 rings (SSSR count). The molecule has 19 heavy (non-hydrogen) atoms. The van der Waals surface area contributed by atoms with E-state index in [2.05, 4.69) is 4.98 Å². The quantitative estimate of drug-likeness (QED) is 0.719. The summed E-state index contributed by atoms with van der Waals surface area (Å²) in [4.78, 5) is 19.2. The number of rotatable bonds is 7. The molecule has 1 atom stereocenters. The van der Waals surface area contributed by atoms with E-state index in [0.717, 1.165) is 15.6 Å². The second-order valence-electron chi connectivity index (χ2n) is 4.41. The number of likely N-dealkylation sites (N-methyl/N-ethyl adjacent to an activating group) is 1. The Labute approximate surface area is 118 Å². The molecule has 1 aromatic heterocycles. The molecule has 6 heteroatoms. The zero-order chi connectivity index (χ0) is 14.4. The zero-order valence-corrected chi connectivity index (χ0v) is 13.0.